The number of aromatic nitrogens is 4. The molecule has 4 aromatic heterocycles. The largest absolute Gasteiger partial charge is 2.00 e. The Balaban J connectivity index is 0.00000518. The van der Waals surface area contributed by atoms with Crippen molar-refractivity contribution in [2.24, 2.45) is 10.8 Å². The quantitative estimate of drug-likeness (QED) is 0.140. The maximum Gasteiger partial charge on any atom is 2.00 e. The van der Waals surface area contributed by atoms with Crippen molar-refractivity contribution in [3.63, 3.8) is 0 Å². The van der Waals surface area contributed by atoms with Crippen LogP contribution in [0.25, 0.3) is 88.6 Å². The molecule has 4 heterocycles. The van der Waals surface area contributed by atoms with E-state index in [1.807, 2.05) is 50.2 Å². The van der Waals surface area contributed by atoms with E-state index in [4.69, 9.17) is 23.8 Å². The summed E-state index contributed by atoms with van der Waals surface area (Å²) in [5.41, 5.74) is 10.4. The summed E-state index contributed by atoms with van der Waals surface area (Å²) in [6.45, 7) is 17.4. The van der Waals surface area contributed by atoms with E-state index in [2.05, 4.69) is 149 Å². The van der Waals surface area contributed by atoms with Gasteiger partial charge in [-0.2, -0.15) is 20.4 Å². The molecular formula is C56H48N4O3Pt. The summed E-state index contributed by atoms with van der Waals surface area (Å²) in [5, 5.41) is 24.1. The van der Waals surface area contributed by atoms with E-state index >= 15 is 0 Å². The molecule has 0 bridgehead atoms. The predicted octanol–water partition coefficient (Wildman–Crippen LogP) is 14.9. The van der Waals surface area contributed by atoms with Crippen LogP contribution in [-0.2, 0) is 33.9 Å². The Labute approximate surface area is 388 Å². The number of rotatable bonds is 8. The second-order valence-electron chi connectivity index (χ2n) is 19.1. The molecule has 0 aliphatic rings. The van der Waals surface area contributed by atoms with Crippen LogP contribution in [0.3, 0.4) is 0 Å². The van der Waals surface area contributed by atoms with Crippen molar-refractivity contribution < 1.29 is 34.6 Å². The fourth-order valence-corrected chi connectivity index (χ4v) is 8.50. The van der Waals surface area contributed by atoms with Crippen molar-refractivity contribution in [1.82, 2.24) is 20.4 Å². The first-order valence-electron chi connectivity index (χ1n) is 21.5. The Morgan fingerprint density at radius 1 is 0.484 bits per heavy atom. The van der Waals surface area contributed by atoms with Gasteiger partial charge >= 0.3 is 21.1 Å². The fourth-order valence-electron chi connectivity index (χ4n) is 8.50. The molecule has 0 aliphatic heterocycles. The van der Waals surface area contributed by atoms with Crippen molar-refractivity contribution in [3.05, 3.63) is 156 Å². The zero-order chi connectivity index (χ0) is 43.6. The Kier molecular flexibility index (Phi) is 11.1. The zero-order valence-electron chi connectivity index (χ0n) is 37.3. The van der Waals surface area contributed by atoms with Gasteiger partial charge in [0.25, 0.3) is 0 Å². The van der Waals surface area contributed by atoms with E-state index in [-0.39, 0.29) is 31.9 Å². The molecule has 6 aromatic carbocycles. The van der Waals surface area contributed by atoms with Gasteiger partial charge in [-0.3, -0.25) is 0 Å². The smallest absolute Gasteiger partial charge is 0.495 e. The Morgan fingerprint density at radius 2 is 0.875 bits per heavy atom. The number of nitrogens with zero attached hydrogens (tertiary/aromatic N) is 4. The molecule has 0 atom stereocenters. The SMILES string of the molecule is Cc1nnc(-c2[c-]c(Oc3[c-]c(-c4nnc(C)c5cc(-c6ccc(CC(C)(C)C)cc6)oc45)cc4ccccc34)c3ccccc3c2)c2oc(-c3ccc(CC(C)(C)C)cc3)cc12.[Pt+2]. The van der Waals surface area contributed by atoms with Gasteiger partial charge in [0, 0.05) is 21.9 Å². The molecule has 0 spiro atoms. The number of aryl methyl sites for hydroxylation is 2. The van der Waals surface area contributed by atoms with Gasteiger partial charge in [-0.05, 0) is 60.8 Å². The number of fused-ring (bicyclic) bond motifs is 4. The molecule has 10 aromatic rings. The first kappa shape index (κ1) is 42.8. The summed E-state index contributed by atoms with van der Waals surface area (Å²) >= 11 is 0. The molecule has 0 radical (unpaired) electrons. The van der Waals surface area contributed by atoms with Gasteiger partial charge in [-0.15, -0.1) is 23.3 Å². The first-order chi connectivity index (χ1) is 30.2. The predicted molar refractivity (Wildman–Crippen MR) is 254 cm³/mol. The van der Waals surface area contributed by atoms with Crippen LogP contribution in [0.15, 0.2) is 130 Å². The first-order valence-corrected chi connectivity index (χ1v) is 21.5. The van der Waals surface area contributed by atoms with Crippen LogP contribution in [-0.4, -0.2) is 20.4 Å². The van der Waals surface area contributed by atoms with E-state index in [9.17, 15) is 0 Å². The van der Waals surface area contributed by atoms with E-state index in [0.717, 1.165) is 79.2 Å². The van der Waals surface area contributed by atoms with Crippen molar-refractivity contribution in [3.8, 4) is 56.7 Å². The van der Waals surface area contributed by atoms with E-state index in [1.54, 1.807) is 0 Å². The molecule has 0 N–H and O–H groups in total. The molecular weight excluding hydrogens is 972 g/mol. The molecule has 0 aliphatic carbocycles. The van der Waals surface area contributed by atoms with E-state index < -0.39 is 0 Å². The number of ether oxygens (including phenoxy) is 1. The van der Waals surface area contributed by atoms with Gasteiger partial charge < -0.3 is 13.6 Å². The average molecular weight is 1020 g/mol. The monoisotopic (exact) mass is 1020 g/mol. The van der Waals surface area contributed by atoms with Gasteiger partial charge in [0.2, 0.25) is 0 Å². The molecule has 0 saturated heterocycles. The van der Waals surface area contributed by atoms with Crippen LogP contribution in [0.4, 0.5) is 0 Å². The summed E-state index contributed by atoms with van der Waals surface area (Å²) in [7, 11) is 0. The summed E-state index contributed by atoms with van der Waals surface area (Å²) < 4.78 is 20.3. The minimum absolute atomic E-state index is 0. The average Bonchev–Trinajstić information content (AvgIpc) is 3.91. The molecule has 0 unspecified atom stereocenters. The molecule has 0 amide bonds. The second kappa shape index (κ2) is 16.6. The maximum absolute atomic E-state index is 6.97. The van der Waals surface area contributed by atoms with Crippen LogP contribution in [0, 0.1) is 36.8 Å². The molecule has 64 heavy (non-hydrogen) atoms. The molecule has 10 rings (SSSR count). The fraction of sp³-hybridized carbons (Fsp3) is 0.214. The number of hydrogen-bond acceptors (Lipinski definition) is 7. The summed E-state index contributed by atoms with van der Waals surface area (Å²) in [5.74, 6) is 2.56. The van der Waals surface area contributed by atoms with Crippen LogP contribution < -0.4 is 4.74 Å². The van der Waals surface area contributed by atoms with Crippen LogP contribution in [0.2, 0.25) is 0 Å². The zero-order valence-corrected chi connectivity index (χ0v) is 39.6. The van der Waals surface area contributed by atoms with Crippen LogP contribution in [0.5, 0.6) is 11.5 Å². The van der Waals surface area contributed by atoms with Gasteiger partial charge in [0.1, 0.15) is 22.7 Å². The van der Waals surface area contributed by atoms with E-state index in [0.29, 0.717) is 45.2 Å². The minimum Gasteiger partial charge on any atom is -0.495 e. The Hall–Kier alpha value is -6.43. The molecule has 8 heteroatoms. The molecule has 0 fully saturated rings. The second-order valence-corrected chi connectivity index (χ2v) is 19.1. The molecule has 0 saturated carbocycles. The minimum atomic E-state index is 0. The third-order valence-corrected chi connectivity index (χ3v) is 11.4. The Morgan fingerprint density at radius 3 is 1.27 bits per heavy atom. The van der Waals surface area contributed by atoms with Gasteiger partial charge in [0.05, 0.1) is 34.3 Å². The standard InChI is InChI=1S/C56H48N4O3.Pt/c1-33-45-29-47(37-21-17-35(18-22-37)31-55(3,4)5)62-53(45)51(59-57-33)41-25-39-13-9-11-15-43(39)49(27-41)61-50-28-42(26-40-14-10-12-16-44(40)50)52-54-46(34(2)58-60-52)30-48(63-54)38-23-19-36(20-24-38)32-56(6,7)8;/h9-26,29-30H,31-32H2,1-8H3;/q-2;+2. The number of hydrogen-bond donors (Lipinski definition) is 0. The van der Waals surface area contributed by atoms with Gasteiger partial charge in [-0.25, -0.2) is 0 Å². The normalized spacial score (nSPS) is 12.1. The van der Waals surface area contributed by atoms with E-state index in [1.165, 1.54) is 11.1 Å². The van der Waals surface area contributed by atoms with Crippen LogP contribution in [0.1, 0.15) is 64.1 Å². The van der Waals surface area contributed by atoms with Crippen molar-refractivity contribution in [1.29, 1.82) is 0 Å². The number of benzene rings is 6. The topological polar surface area (TPSA) is 87.1 Å². The summed E-state index contributed by atoms with van der Waals surface area (Å²) in [6.07, 6.45) is 1.99. The third kappa shape index (κ3) is 8.49. The van der Waals surface area contributed by atoms with Crippen LogP contribution >= 0.6 is 0 Å². The molecule has 320 valence electrons. The van der Waals surface area contributed by atoms with Crippen molar-refractivity contribution in [2.75, 3.05) is 0 Å². The maximum atomic E-state index is 6.97. The van der Waals surface area contributed by atoms with Crippen molar-refractivity contribution in [2.45, 2.75) is 68.2 Å². The van der Waals surface area contributed by atoms with Gasteiger partial charge in [-0.1, -0.05) is 172 Å². The Bertz CT molecular complexity index is 3130. The van der Waals surface area contributed by atoms with Gasteiger partial charge in [0.15, 0.2) is 0 Å². The summed E-state index contributed by atoms with van der Waals surface area (Å²) in [4.78, 5) is 0. The third-order valence-electron chi connectivity index (χ3n) is 11.4. The van der Waals surface area contributed by atoms with Crippen molar-refractivity contribution >= 4 is 43.5 Å². The number of furan rings is 2. The summed E-state index contributed by atoms with van der Waals surface area (Å²) in [6, 6.07) is 48.9. The molecule has 7 nitrogen and oxygen atoms in total.